The number of fused-ring (bicyclic) bond motifs is 2. The van der Waals surface area contributed by atoms with Crippen molar-refractivity contribution in [2.75, 3.05) is 0 Å². The molecule has 0 saturated carbocycles. The fourth-order valence-electron chi connectivity index (χ4n) is 6.11. The maximum atomic E-state index is 5.23. The van der Waals surface area contributed by atoms with Crippen molar-refractivity contribution >= 4 is 44.2 Å². The van der Waals surface area contributed by atoms with Gasteiger partial charge in [0.15, 0.2) is 0 Å². The van der Waals surface area contributed by atoms with Crippen LogP contribution < -0.4 is 0 Å². The molecule has 0 saturated heterocycles. The van der Waals surface area contributed by atoms with Crippen molar-refractivity contribution in [3.63, 3.8) is 0 Å². The van der Waals surface area contributed by atoms with Gasteiger partial charge in [0.05, 0.1) is 15.9 Å². The summed E-state index contributed by atoms with van der Waals surface area (Å²) in [6, 6.07) is 45.7. The minimum absolute atomic E-state index is 0.0523. The second-order valence-corrected chi connectivity index (χ2v) is 15.4. The Hall–Kier alpha value is -4.86. The van der Waals surface area contributed by atoms with Crippen molar-refractivity contribution in [3.05, 3.63) is 144 Å². The normalized spacial score (nSPS) is 12.4. The monoisotopic (exact) mass is 628 g/mol. The Kier molecular flexibility index (Phi) is 7.90. The highest BCUT2D eigenvalue weighted by Crippen LogP contribution is 2.40. The fraction of sp³-hybridized carbons (Fsp3) is 0.182. The Bertz CT molecular complexity index is 2220. The minimum Gasteiger partial charge on any atom is -0.256 e. The number of aliphatic imine (C=N–C) groups is 1. The van der Waals surface area contributed by atoms with Crippen LogP contribution in [-0.2, 0) is 10.8 Å². The average molecular weight is 629 g/mol. The van der Waals surface area contributed by atoms with E-state index >= 15 is 0 Å². The van der Waals surface area contributed by atoms with Crippen molar-refractivity contribution in [2.45, 2.75) is 52.4 Å². The second-order valence-electron chi connectivity index (χ2n) is 14.4. The van der Waals surface area contributed by atoms with Gasteiger partial charge in [0, 0.05) is 17.3 Å². The van der Waals surface area contributed by atoms with Crippen LogP contribution in [0.5, 0.6) is 0 Å². The first kappa shape index (κ1) is 30.8. The predicted molar refractivity (Wildman–Crippen MR) is 205 cm³/mol. The van der Waals surface area contributed by atoms with Gasteiger partial charge in [-0.3, -0.25) is 4.99 Å². The van der Waals surface area contributed by atoms with Crippen LogP contribution in [0.3, 0.4) is 0 Å². The molecule has 47 heavy (non-hydrogen) atoms. The van der Waals surface area contributed by atoms with Gasteiger partial charge in [0.1, 0.15) is 5.01 Å². The van der Waals surface area contributed by atoms with E-state index in [1.165, 1.54) is 37.7 Å². The molecular formula is C44H40N2S. The first-order chi connectivity index (χ1) is 22.5. The number of rotatable bonds is 5. The summed E-state index contributed by atoms with van der Waals surface area (Å²) in [7, 11) is 0. The SMILES string of the molecule is CC(C)(C)c1cc(C=Nc2ccccc2-c2nc3c(-c4ccc(-c5cccc6ccccc56)cc4)cccc3s2)cc(C(C)(C)C)c1. The molecule has 0 amide bonds. The third-order valence-electron chi connectivity index (χ3n) is 8.89. The van der Waals surface area contributed by atoms with E-state index < -0.39 is 0 Å². The molecule has 0 spiro atoms. The Labute approximate surface area is 282 Å². The standard InChI is InChI=1S/C44H40N2S/c1-43(2,3)33-25-29(26-34(27-33)44(4,5)6)28-45-39-19-10-9-16-38(39)42-46-41-37(18-12-20-40(41)47-42)32-23-21-31(22-24-32)36-17-11-14-30-13-7-8-15-35(30)36/h7-28H,1-6H3. The molecule has 0 atom stereocenters. The molecule has 2 nitrogen and oxygen atoms in total. The molecular weight excluding hydrogens is 589 g/mol. The molecule has 0 radical (unpaired) electrons. The first-order valence-corrected chi connectivity index (χ1v) is 17.1. The molecule has 0 fully saturated rings. The van der Waals surface area contributed by atoms with Crippen LogP contribution in [0.1, 0.15) is 58.2 Å². The summed E-state index contributed by atoms with van der Waals surface area (Å²) in [5.41, 5.74) is 11.6. The van der Waals surface area contributed by atoms with Crippen LogP contribution in [0.15, 0.2) is 132 Å². The Morgan fingerprint density at radius 2 is 1.15 bits per heavy atom. The third-order valence-corrected chi connectivity index (χ3v) is 9.94. The lowest BCUT2D eigenvalue weighted by molar-refractivity contribution is 0.568. The van der Waals surface area contributed by atoms with Crippen LogP contribution in [0, 0.1) is 0 Å². The smallest absolute Gasteiger partial charge is 0.126 e. The highest BCUT2D eigenvalue weighted by atomic mass is 32.1. The molecule has 7 aromatic rings. The predicted octanol–water partition coefficient (Wildman–Crippen LogP) is 12.8. The number of hydrogen-bond donors (Lipinski definition) is 0. The van der Waals surface area contributed by atoms with E-state index in [2.05, 4.69) is 169 Å². The lowest BCUT2D eigenvalue weighted by Crippen LogP contribution is -2.17. The summed E-state index contributed by atoms with van der Waals surface area (Å²) in [6.45, 7) is 13.6. The number of hydrogen-bond acceptors (Lipinski definition) is 3. The zero-order valence-corrected chi connectivity index (χ0v) is 28.8. The molecule has 232 valence electrons. The Morgan fingerprint density at radius 3 is 1.87 bits per heavy atom. The number of nitrogens with zero attached hydrogens (tertiary/aromatic N) is 2. The quantitative estimate of drug-likeness (QED) is 0.174. The van der Waals surface area contributed by atoms with Gasteiger partial charge in [-0.15, -0.1) is 11.3 Å². The van der Waals surface area contributed by atoms with Crippen LogP contribution >= 0.6 is 11.3 Å². The highest BCUT2D eigenvalue weighted by Gasteiger charge is 2.20. The van der Waals surface area contributed by atoms with Gasteiger partial charge < -0.3 is 0 Å². The zero-order chi connectivity index (χ0) is 32.8. The number of aromatic nitrogens is 1. The second kappa shape index (κ2) is 12.1. The number of thiazole rings is 1. The molecule has 1 heterocycles. The largest absolute Gasteiger partial charge is 0.256 e. The van der Waals surface area contributed by atoms with Gasteiger partial charge in [-0.1, -0.05) is 139 Å². The molecule has 1 aromatic heterocycles. The van der Waals surface area contributed by atoms with Crippen LogP contribution in [0.4, 0.5) is 5.69 Å². The lowest BCUT2D eigenvalue weighted by Gasteiger charge is -2.25. The lowest BCUT2D eigenvalue weighted by atomic mass is 9.79. The minimum atomic E-state index is 0.0523. The van der Waals surface area contributed by atoms with E-state index in [1.54, 1.807) is 11.3 Å². The molecule has 0 aliphatic heterocycles. The third kappa shape index (κ3) is 6.28. The van der Waals surface area contributed by atoms with Crippen molar-refractivity contribution < 1.29 is 0 Å². The molecule has 3 heteroatoms. The van der Waals surface area contributed by atoms with Crippen molar-refractivity contribution in [3.8, 4) is 32.8 Å². The highest BCUT2D eigenvalue weighted by molar-refractivity contribution is 7.21. The molecule has 6 aromatic carbocycles. The van der Waals surface area contributed by atoms with Crippen molar-refractivity contribution in [1.82, 2.24) is 4.98 Å². The summed E-state index contributed by atoms with van der Waals surface area (Å²) in [4.78, 5) is 10.3. The van der Waals surface area contributed by atoms with Gasteiger partial charge in [-0.25, -0.2) is 4.98 Å². The summed E-state index contributed by atoms with van der Waals surface area (Å²) < 4.78 is 1.17. The van der Waals surface area contributed by atoms with Gasteiger partial charge in [-0.2, -0.15) is 0 Å². The zero-order valence-electron chi connectivity index (χ0n) is 28.0. The molecule has 0 N–H and O–H groups in total. The van der Waals surface area contributed by atoms with Crippen molar-refractivity contribution in [2.24, 2.45) is 4.99 Å². The first-order valence-electron chi connectivity index (χ1n) is 16.3. The van der Waals surface area contributed by atoms with E-state index in [0.29, 0.717) is 0 Å². The fourth-order valence-corrected chi connectivity index (χ4v) is 7.13. The van der Waals surface area contributed by atoms with Gasteiger partial charge in [0.25, 0.3) is 0 Å². The van der Waals surface area contributed by atoms with E-state index in [4.69, 9.17) is 9.98 Å². The molecule has 0 aliphatic carbocycles. The molecule has 0 bridgehead atoms. The summed E-state index contributed by atoms with van der Waals surface area (Å²) in [5, 5.41) is 3.50. The molecule has 0 aliphatic rings. The van der Waals surface area contributed by atoms with E-state index in [1.807, 2.05) is 6.21 Å². The van der Waals surface area contributed by atoms with Gasteiger partial charge in [0.2, 0.25) is 0 Å². The van der Waals surface area contributed by atoms with Crippen LogP contribution in [0.25, 0.3) is 53.8 Å². The molecule has 7 rings (SSSR count). The van der Waals surface area contributed by atoms with Gasteiger partial charge >= 0.3 is 0 Å². The topological polar surface area (TPSA) is 25.2 Å². The Morgan fingerprint density at radius 1 is 0.574 bits per heavy atom. The maximum Gasteiger partial charge on any atom is 0.126 e. The van der Waals surface area contributed by atoms with Crippen molar-refractivity contribution in [1.29, 1.82) is 0 Å². The van der Waals surface area contributed by atoms with E-state index in [9.17, 15) is 0 Å². The summed E-state index contributed by atoms with van der Waals surface area (Å²) in [6.07, 6.45) is 2.01. The van der Waals surface area contributed by atoms with Crippen LogP contribution in [0.2, 0.25) is 0 Å². The number of benzene rings is 6. The number of para-hydroxylation sites is 2. The average Bonchev–Trinajstić information content (AvgIpc) is 3.51. The van der Waals surface area contributed by atoms with E-state index in [-0.39, 0.29) is 10.8 Å². The van der Waals surface area contributed by atoms with E-state index in [0.717, 1.165) is 38.5 Å². The maximum absolute atomic E-state index is 5.23. The van der Waals surface area contributed by atoms with Gasteiger partial charge in [-0.05, 0) is 85.3 Å². The summed E-state index contributed by atoms with van der Waals surface area (Å²) >= 11 is 1.72. The Balaban J connectivity index is 1.24. The molecule has 0 unspecified atom stereocenters. The van der Waals surface area contributed by atoms with Crippen LogP contribution in [-0.4, -0.2) is 11.2 Å². The summed E-state index contributed by atoms with van der Waals surface area (Å²) in [5.74, 6) is 0.